The lowest BCUT2D eigenvalue weighted by molar-refractivity contribution is 0.768. The van der Waals surface area contributed by atoms with Crippen molar-refractivity contribution >= 4 is 23.1 Å². The minimum absolute atomic E-state index is 0.185. The number of nitrogens with one attached hydrogen (secondary N) is 1. The average Bonchev–Trinajstić information content (AvgIpc) is 3.04. The van der Waals surface area contributed by atoms with Gasteiger partial charge in [0.15, 0.2) is 5.82 Å². The lowest BCUT2D eigenvalue weighted by atomic mass is 10.3. The van der Waals surface area contributed by atoms with Crippen LogP contribution in [0.3, 0.4) is 0 Å². The predicted octanol–water partition coefficient (Wildman–Crippen LogP) is 1.55. The molecule has 1 aliphatic rings. The van der Waals surface area contributed by atoms with Crippen molar-refractivity contribution in [3.8, 4) is 0 Å². The highest BCUT2D eigenvalue weighted by molar-refractivity contribution is 6.21. The quantitative estimate of drug-likeness (QED) is 0.820. The second-order valence-electron chi connectivity index (χ2n) is 4.07. The highest BCUT2D eigenvalue weighted by atomic mass is 35.5. The third-order valence-corrected chi connectivity index (χ3v) is 3.32. The van der Waals surface area contributed by atoms with Crippen molar-refractivity contribution < 1.29 is 0 Å². The Labute approximate surface area is 97.8 Å². The van der Waals surface area contributed by atoms with Crippen LogP contribution in [0.1, 0.15) is 12.8 Å². The molecule has 0 spiro atoms. The van der Waals surface area contributed by atoms with Crippen molar-refractivity contribution in [3.63, 3.8) is 0 Å². The first kappa shape index (κ1) is 9.84. The molecule has 1 saturated carbocycles. The van der Waals surface area contributed by atoms with Crippen molar-refractivity contribution in [2.45, 2.75) is 18.2 Å². The van der Waals surface area contributed by atoms with Crippen LogP contribution in [0.25, 0.3) is 5.65 Å². The molecule has 2 heterocycles. The number of anilines is 1. The molecule has 5 nitrogen and oxygen atoms in total. The first-order valence-corrected chi connectivity index (χ1v) is 5.80. The summed E-state index contributed by atoms with van der Waals surface area (Å²) in [6, 6.07) is 0. The molecule has 16 heavy (non-hydrogen) atoms. The Hall–Kier alpha value is -1.36. The largest absolute Gasteiger partial charge is 0.365 e. The van der Waals surface area contributed by atoms with Crippen LogP contribution in [0, 0.1) is 5.92 Å². The van der Waals surface area contributed by atoms with E-state index in [4.69, 9.17) is 11.6 Å². The van der Waals surface area contributed by atoms with Crippen molar-refractivity contribution in [1.29, 1.82) is 0 Å². The summed E-state index contributed by atoms with van der Waals surface area (Å²) in [7, 11) is 0. The van der Waals surface area contributed by atoms with Gasteiger partial charge in [0.25, 0.3) is 0 Å². The Morgan fingerprint density at radius 1 is 1.56 bits per heavy atom. The van der Waals surface area contributed by atoms with Gasteiger partial charge in [-0.2, -0.15) is 0 Å². The Balaban J connectivity index is 1.75. The Kier molecular flexibility index (Phi) is 2.40. The zero-order chi connectivity index (χ0) is 11.0. The molecule has 0 aliphatic heterocycles. The maximum Gasteiger partial charge on any atom is 0.203 e. The number of halogens is 1. The van der Waals surface area contributed by atoms with Crippen LogP contribution in [0.5, 0.6) is 0 Å². The summed E-state index contributed by atoms with van der Waals surface area (Å²) in [5.74, 6) is 1.41. The normalized spacial score (nSPS) is 17.6. The van der Waals surface area contributed by atoms with Gasteiger partial charge in [0.1, 0.15) is 6.33 Å². The molecule has 0 amide bonds. The van der Waals surface area contributed by atoms with Gasteiger partial charge in [0.2, 0.25) is 5.65 Å². The van der Waals surface area contributed by atoms with E-state index in [9.17, 15) is 0 Å². The van der Waals surface area contributed by atoms with E-state index < -0.39 is 0 Å². The van der Waals surface area contributed by atoms with Gasteiger partial charge in [0.05, 0.1) is 5.38 Å². The van der Waals surface area contributed by atoms with Gasteiger partial charge >= 0.3 is 0 Å². The van der Waals surface area contributed by atoms with E-state index in [-0.39, 0.29) is 5.38 Å². The molecule has 0 radical (unpaired) electrons. The van der Waals surface area contributed by atoms with Crippen LogP contribution in [0.15, 0.2) is 18.7 Å². The molecule has 0 aromatic carbocycles. The number of hydrogen-bond donors (Lipinski definition) is 1. The van der Waals surface area contributed by atoms with Gasteiger partial charge in [-0.05, 0) is 18.8 Å². The summed E-state index contributed by atoms with van der Waals surface area (Å²) in [5, 5.41) is 11.3. The average molecular weight is 238 g/mol. The minimum Gasteiger partial charge on any atom is -0.365 e. The number of hydrogen-bond acceptors (Lipinski definition) is 4. The van der Waals surface area contributed by atoms with Gasteiger partial charge in [0, 0.05) is 18.9 Å². The van der Waals surface area contributed by atoms with Crippen LogP contribution in [-0.2, 0) is 0 Å². The molecular weight excluding hydrogens is 226 g/mol. The van der Waals surface area contributed by atoms with Gasteiger partial charge in [-0.1, -0.05) is 0 Å². The fraction of sp³-hybridized carbons (Fsp3) is 0.500. The zero-order valence-corrected chi connectivity index (χ0v) is 9.43. The molecule has 1 fully saturated rings. The second kappa shape index (κ2) is 3.90. The van der Waals surface area contributed by atoms with Crippen molar-refractivity contribution in [3.05, 3.63) is 18.7 Å². The number of rotatable bonds is 4. The third-order valence-electron chi connectivity index (χ3n) is 2.81. The Bertz CT molecular complexity index is 493. The van der Waals surface area contributed by atoms with E-state index in [1.165, 1.54) is 12.8 Å². The van der Waals surface area contributed by atoms with Crippen LogP contribution in [0.2, 0.25) is 0 Å². The predicted molar refractivity (Wildman–Crippen MR) is 61.6 cm³/mol. The standard InChI is InChI=1S/C10H12ClN5/c11-8(7-1-2-7)5-13-9-10-15-14-6-16(10)4-3-12-9/h3-4,6-8H,1-2,5H2,(H,12,13). The zero-order valence-electron chi connectivity index (χ0n) is 8.67. The van der Waals surface area contributed by atoms with Crippen molar-refractivity contribution in [1.82, 2.24) is 19.6 Å². The molecule has 1 atom stereocenters. The summed E-state index contributed by atoms with van der Waals surface area (Å²) in [5.41, 5.74) is 0.738. The first-order valence-electron chi connectivity index (χ1n) is 5.37. The molecule has 0 saturated heterocycles. The van der Waals surface area contributed by atoms with Crippen LogP contribution in [-0.4, -0.2) is 31.5 Å². The molecule has 1 N–H and O–H groups in total. The first-order chi connectivity index (χ1) is 7.84. The van der Waals surface area contributed by atoms with Gasteiger partial charge in [-0.15, -0.1) is 21.8 Å². The molecule has 0 bridgehead atoms. The van der Waals surface area contributed by atoms with Crippen molar-refractivity contribution in [2.75, 3.05) is 11.9 Å². The summed E-state index contributed by atoms with van der Waals surface area (Å²) in [6.45, 7) is 0.728. The molecule has 1 aliphatic carbocycles. The van der Waals surface area contributed by atoms with E-state index in [0.717, 1.165) is 18.0 Å². The monoisotopic (exact) mass is 237 g/mol. The lowest BCUT2D eigenvalue weighted by Gasteiger charge is -2.10. The number of nitrogens with zero attached hydrogens (tertiary/aromatic N) is 4. The van der Waals surface area contributed by atoms with E-state index in [1.54, 1.807) is 12.5 Å². The smallest absolute Gasteiger partial charge is 0.203 e. The third kappa shape index (κ3) is 1.82. The fourth-order valence-corrected chi connectivity index (χ4v) is 2.03. The fourth-order valence-electron chi connectivity index (χ4n) is 1.70. The highest BCUT2D eigenvalue weighted by Gasteiger charge is 2.29. The topological polar surface area (TPSA) is 55.1 Å². The molecule has 2 aromatic heterocycles. The van der Waals surface area contributed by atoms with Gasteiger partial charge in [-0.3, -0.25) is 4.40 Å². The van der Waals surface area contributed by atoms with Crippen LogP contribution < -0.4 is 5.32 Å². The number of fused-ring (bicyclic) bond motifs is 1. The van der Waals surface area contributed by atoms with Crippen molar-refractivity contribution in [2.24, 2.45) is 5.92 Å². The molecular formula is C10H12ClN5. The van der Waals surface area contributed by atoms with Crippen LogP contribution in [0.4, 0.5) is 5.82 Å². The summed E-state index contributed by atoms with van der Waals surface area (Å²) in [4.78, 5) is 4.24. The maximum absolute atomic E-state index is 6.22. The molecule has 3 rings (SSSR count). The SMILES string of the molecule is ClC(CNc1nccn2cnnc12)C1CC1. The van der Waals surface area contributed by atoms with E-state index in [1.807, 2.05) is 10.6 Å². The Morgan fingerprint density at radius 2 is 2.44 bits per heavy atom. The van der Waals surface area contributed by atoms with Crippen LogP contribution >= 0.6 is 11.6 Å². The Morgan fingerprint density at radius 3 is 3.25 bits per heavy atom. The summed E-state index contributed by atoms with van der Waals surface area (Å²) >= 11 is 6.22. The van der Waals surface area contributed by atoms with E-state index >= 15 is 0 Å². The lowest BCUT2D eigenvalue weighted by Crippen LogP contribution is -2.17. The number of aromatic nitrogens is 4. The van der Waals surface area contributed by atoms with E-state index in [0.29, 0.717) is 5.92 Å². The summed E-state index contributed by atoms with van der Waals surface area (Å²) in [6.07, 6.45) is 7.69. The molecule has 6 heteroatoms. The summed E-state index contributed by atoms with van der Waals surface area (Å²) < 4.78 is 1.83. The van der Waals surface area contributed by atoms with Gasteiger partial charge < -0.3 is 5.32 Å². The van der Waals surface area contributed by atoms with Gasteiger partial charge in [-0.25, -0.2) is 4.98 Å². The molecule has 1 unspecified atom stereocenters. The highest BCUT2D eigenvalue weighted by Crippen LogP contribution is 2.35. The second-order valence-corrected chi connectivity index (χ2v) is 4.63. The molecule has 84 valence electrons. The van der Waals surface area contributed by atoms with E-state index in [2.05, 4.69) is 20.5 Å². The maximum atomic E-state index is 6.22. The molecule has 2 aromatic rings. The minimum atomic E-state index is 0.185. The number of alkyl halides is 1.